The first-order chi connectivity index (χ1) is 6.29. The number of aromatic nitrogens is 3. The first-order valence-electron chi connectivity index (χ1n) is 4.07. The largest absolute Gasteiger partial charge is 0.341 e. The van der Waals surface area contributed by atoms with Gasteiger partial charge < -0.3 is 4.57 Å². The number of imidazole rings is 1. The number of hydrogen-bond acceptors (Lipinski definition) is 2. The van der Waals surface area contributed by atoms with Crippen molar-refractivity contribution in [3.05, 3.63) is 48.8 Å². The zero-order chi connectivity index (χ0) is 9.52. The average Bonchev–Trinajstić information content (AvgIpc) is 2.58. The maximum atomic E-state index is 3.88. The van der Waals surface area contributed by atoms with Crippen molar-refractivity contribution in [1.82, 2.24) is 14.5 Å². The molecule has 2 aromatic heterocycles. The van der Waals surface area contributed by atoms with Gasteiger partial charge in [0.15, 0.2) is 0 Å². The van der Waals surface area contributed by atoms with E-state index in [1.54, 1.807) is 18.7 Å². The molecule has 2 heterocycles. The molecule has 2 aromatic rings. The highest BCUT2D eigenvalue weighted by Gasteiger charge is 1.73. The van der Waals surface area contributed by atoms with Gasteiger partial charge in [-0.15, -0.1) is 0 Å². The van der Waals surface area contributed by atoms with Crippen LogP contribution in [0.25, 0.3) is 0 Å². The normalized spacial score (nSPS) is 8.77. The SMILES string of the molecule is Cc1cccnc1.Cn1ccnc1. The van der Waals surface area contributed by atoms with Gasteiger partial charge in [-0.05, 0) is 18.6 Å². The molecule has 0 aliphatic carbocycles. The fourth-order valence-electron chi connectivity index (χ4n) is 0.774. The average molecular weight is 175 g/mol. The van der Waals surface area contributed by atoms with E-state index in [0.717, 1.165) is 0 Å². The van der Waals surface area contributed by atoms with Gasteiger partial charge in [0.2, 0.25) is 0 Å². The Bertz CT molecular complexity index is 313. The molecular weight excluding hydrogens is 162 g/mol. The second kappa shape index (κ2) is 5.09. The molecule has 0 atom stereocenters. The van der Waals surface area contributed by atoms with Gasteiger partial charge in [0.05, 0.1) is 6.33 Å². The lowest BCUT2D eigenvalue weighted by Crippen LogP contribution is -1.76. The van der Waals surface area contributed by atoms with Gasteiger partial charge in [-0.1, -0.05) is 6.07 Å². The van der Waals surface area contributed by atoms with Crippen LogP contribution < -0.4 is 0 Å². The van der Waals surface area contributed by atoms with Crippen molar-refractivity contribution in [1.29, 1.82) is 0 Å². The Balaban J connectivity index is 0.000000132. The topological polar surface area (TPSA) is 30.7 Å². The summed E-state index contributed by atoms with van der Waals surface area (Å²) >= 11 is 0. The predicted octanol–water partition coefficient (Wildman–Crippen LogP) is 1.81. The van der Waals surface area contributed by atoms with Gasteiger partial charge >= 0.3 is 0 Å². The molecule has 3 nitrogen and oxygen atoms in total. The fourth-order valence-corrected chi connectivity index (χ4v) is 0.774. The molecule has 68 valence electrons. The molecule has 0 saturated carbocycles. The van der Waals surface area contributed by atoms with E-state index in [4.69, 9.17) is 0 Å². The Morgan fingerprint density at radius 1 is 1.23 bits per heavy atom. The molecule has 2 rings (SSSR count). The summed E-state index contributed by atoms with van der Waals surface area (Å²) in [7, 11) is 1.94. The van der Waals surface area contributed by atoms with Crippen LogP contribution in [0, 0.1) is 6.92 Å². The van der Waals surface area contributed by atoms with Gasteiger partial charge in [0.25, 0.3) is 0 Å². The van der Waals surface area contributed by atoms with E-state index in [-0.39, 0.29) is 0 Å². The summed E-state index contributed by atoms with van der Waals surface area (Å²) in [5.41, 5.74) is 1.21. The van der Waals surface area contributed by atoms with Crippen LogP contribution in [0.4, 0.5) is 0 Å². The maximum absolute atomic E-state index is 3.88. The van der Waals surface area contributed by atoms with Crippen molar-refractivity contribution in [2.24, 2.45) is 7.05 Å². The zero-order valence-electron chi connectivity index (χ0n) is 7.88. The van der Waals surface area contributed by atoms with E-state index < -0.39 is 0 Å². The van der Waals surface area contributed by atoms with Crippen LogP contribution in [-0.4, -0.2) is 14.5 Å². The highest BCUT2D eigenvalue weighted by atomic mass is 15.0. The Labute approximate surface area is 78.1 Å². The smallest absolute Gasteiger partial charge is 0.0943 e. The molecule has 0 aromatic carbocycles. The minimum Gasteiger partial charge on any atom is -0.341 e. The van der Waals surface area contributed by atoms with Gasteiger partial charge in [-0.25, -0.2) is 4.98 Å². The molecular formula is C10H13N3. The molecule has 0 amide bonds. The molecule has 0 bridgehead atoms. The molecule has 0 saturated heterocycles. The maximum Gasteiger partial charge on any atom is 0.0943 e. The van der Waals surface area contributed by atoms with Crippen LogP contribution in [-0.2, 0) is 7.05 Å². The number of hydrogen-bond donors (Lipinski definition) is 0. The van der Waals surface area contributed by atoms with Crippen LogP contribution in [0.2, 0.25) is 0 Å². The van der Waals surface area contributed by atoms with Crippen molar-refractivity contribution >= 4 is 0 Å². The Kier molecular flexibility index (Phi) is 3.70. The zero-order valence-corrected chi connectivity index (χ0v) is 7.88. The first kappa shape index (κ1) is 9.45. The molecule has 0 spiro atoms. The van der Waals surface area contributed by atoms with E-state index in [1.165, 1.54) is 5.56 Å². The number of rotatable bonds is 0. The van der Waals surface area contributed by atoms with E-state index in [2.05, 4.69) is 9.97 Å². The second-order valence-electron chi connectivity index (χ2n) is 2.76. The number of pyridine rings is 1. The van der Waals surface area contributed by atoms with E-state index in [0.29, 0.717) is 0 Å². The van der Waals surface area contributed by atoms with Crippen molar-refractivity contribution in [3.63, 3.8) is 0 Å². The van der Waals surface area contributed by atoms with Crippen LogP contribution in [0.15, 0.2) is 43.2 Å². The molecule has 0 unspecified atom stereocenters. The molecule has 0 radical (unpaired) electrons. The van der Waals surface area contributed by atoms with Crippen LogP contribution in [0.3, 0.4) is 0 Å². The summed E-state index contributed by atoms with van der Waals surface area (Å²) in [6, 6.07) is 3.95. The van der Waals surface area contributed by atoms with E-state index in [9.17, 15) is 0 Å². The van der Waals surface area contributed by atoms with E-state index >= 15 is 0 Å². The van der Waals surface area contributed by atoms with Crippen LogP contribution in [0.1, 0.15) is 5.56 Å². The summed E-state index contributed by atoms with van der Waals surface area (Å²) < 4.78 is 1.89. The molecule has 0 aliphatic rings. The minimum atomic E-state index is 1.21. The lowest BCUT2D eigenvalue weighted by molar-refractivity contribution is 0.913. The fraction of sp³-hybridized carbons (Fsp3) is 0.200. The lowest BCUT2D eigenvalue weighted by Gasteiger charge is -1.82. The van der Waals surface area contributed by atoms with Gasteiger partial charge in [-0.2, -0.15) is 0 Å². The van der Waals surface area contributed by atoms with Crippen molar-refractivity contribution < 1.29 is 0 Å². The minimum absolute atomic E-state index is 1.21. The summed E-state index contributed by atoms with van der Waals surface area (Å²) in [4.78, 5) is 7.67. The third-order valence-corrected chi connectivity index (χ3v) is 1.45. The van der Waals surface area contributed by atoms with Gasteiger partial charge in [0, 0.05) is 31.8 Å². The Morgan fingerprint density at radius 2 is 2.08 bits per heavy atom. The summed E-state index contributed by atoms with van der Waals surface area (Å²) in [5, 5.41) is 0. The third kappa shape index (κ3) is 4.06. The lowest BCUT2D eigenvalue weighted by atomic mass is 10.3. The highest BCUT2D eigenvalue weighted by Crippen LogP contribution is 1.88. The third-order valence-electron chi connectivity index (χ3n) is 1.45. The van der Waals surface area contributed by atoms with Gasteiger partial charge in [0.1, 0.15) is 0 Å². The number of nitrogens with zero attached hydrogens (tertiary/aromatic N) is 3. The predicted molar refractivity (Wildman–Crippen MR) is 52.2 cm³/mol. The molecule has 3 heteroatoms. The number of aryl methyl sites for hydroxylation is 2. The van der Waals surface area contributed by atoms with E-state index in [1.807, 2.05) is 43.1 Å². The monoisotopic (exact) mass is 175 g/mol. The van der Waals surface area contributed by atoms with Crippen LogP contribution in [0.5, 0.6) is 0 Å². The first-order valence-corrected chi connectivity index (χ1v) is 4.07. The van der Waals surface area contributed by atoms with Gasteiger partial charge in [-0.3, -0.25) is 4.98 Å². The van der Waals surface area contributed by atoms with Crippen LogP contribution >= 0.6 is 0 Å². The highest BCUT2D eigenvalue weighted by molar-refractivity contribution is 5.04. The Morgan fingerprint density at radius 3 is 2.31 bits per heavy atom. The summed E-state index contributed by atoms with van der Waals surface area (Å²) in [6.45, 7) is 2.02. The quantitative estimate of drug-likeness (QED) is 0.611. The van der Waals surface area contributed by atoms with Crippen molar-refractivity contribution in [2.45, 2.75) is 6.92 Å². The van der Waals surface area contributed by atoms with Crippen molar-refractivity contribution in [3.8, 4) is 0 Å². The molecule has 0 aliphatic heterocycles. The molecule has 0 fully saturated rings. The summed E-state index contributed by atoms with van der Waals surface area (Å²) in [6.07, 6.45) is 8.99. The summed E-state index contributed by atoms with van der Waals surface area (Å²) in [5.74, 6) is 0. The molecule has 0 N–H and O–H groups in total. The standard InChI is InChI=1S/C6H7N.C4H6N2/c1-6-3-2-4-7-5-6;1-6-3-2-5-4-6/h2-5H,1H3;2-4H,1H3. The second-order valence-corrected chi connectivity index (χ2v) is 2.76. The Hall–Kier alpha value is -1.64. The van der Waals surface area contributed by atoms with Crippen molar-refractivity contribution in [2.75, 3.05) is 0 Å². The molecule has 13 heavy (non-hydrogen) atoms.